The van der Waals surface area contributed by atoms with Crippen molar-refractivity contribution in [1.29, 1.82) is 0 Å². The number of nitrogen functional groups attached to an aromatic ring is 2. The summed E-state index contributed by atoms with van der Waals surface area (Å²) in [6.07, 6.45) is 0.339. The van der Waals surface area contributed by atoms with Crippen molar-refractivity contribution in [2.24, 2.45) is 0 Å². The van der Waals surface area contributed by atoms with Crippen molar-refractivity contribution in [1.82, 2.24) is 15.3 Å². The second-order valence-corrected chi connectivity index (χ2v) is 6.06. The Morgan fingerprint density at radius 1 is 1.20 bits per heavy atom. The Hall–Kier alpha value is -2.81. The Bertz CT molecular complexity index is 722. The van der Waals surface area contributed by atoms with E-state index in [2.05, 4.69) is 15.3 Å². The summed E-state index contributed by atoms with van der Waals surface area (Å²) in [7, 11) is 1.28. The summed E-state index contributed by atoms with van der Waals surface area (Å²) in [6, 6.07) is 10.0. The van der Waals surface area contributed by atoms with E-state index >= 15 is 0 Å². The Labute approximate surface area is 149 Å². The number of hydrogen-bond acceptors (Lipinski definition) is 8. The Balaban J connectivity index is 1.95. The average Bonchev–Trinajstić information content (AvgIpc) is 2.59. The zero-order chi connectivity index (χ0) is 18.2. The molecular weight excluding hydrogens is 342 g/mol. The number of nitrogens with zero attached hydrogens (tertiary/aromatic N) is 2. The standard InChI is InChI=1S/C16H19N5O3S/c1-24-15(23)11(7-10-5-3-2-4-6-10)19-14(22)9-25-16-20-12(17)8-13(18)21-16/h2-6,8,11H,7,9H2,1H3,(H,19,22)(H4,17,18,20,21)/t11-/m1/s1. The summed E-state index contributed by atoms with van der Waals surface area (Å²) in [6.45, 7) is 0. The van der Waals surface area contributed by atoms with Crippen molar-refractivity contribution in [3.05, 3.63) is 42.0 Å². The first kappa shape index (κ1) is 18.5. The number of hydrogen-bond donors (Lipinski definition) is 3. The van der Waals surface area contributed by atoms with Crippen LogP contribution in [-0.2, 0) is 20.7 Å². The van der Waals surface area contributed by atoms with Crippen LogP contribution in [0.25, 0.3) is 0 Å². The van der Waals surface area contributed by atoms with Gasteiger partial charge in [0.2, 0.25) is 5.91 Å². The maximum Gasteiger partial charge on any atom is 0.328 e. The summed E-state index contributed by atoms with van der Waals surface area (Å²) in [5, 5.41) is 2.96. The molecule has 0 fully saturated rings. The van der Waals surface area contributed by atoms with Crippen LogP contribution in [0.2, 0.25) is 0 Å². The van der Waals surface area contributed by atoms with Gasteiger partial charge < -0.3 is 21.5 Å². The fourth-order valence-corrected chi connectivity index (χ4v) is 2.76. The van der Waals surface area contributed by atoms with Gasteiger partial charge in [-0.15, -0.1) is 0 Å². The van der Waals surface area contributed by atoms with Crippen LogP contribution < -0.4 is 16.8 Å². The maximum atomic E-state index is 12.1. The van der Waals surface area contributed by atoms with E-state index in [0.29, 0.717) is 11.6 Å². The molecule has 1 amide bonds. The number of ether oxygens (including phenoxy) is 1. The topological polar surface area (TPSA) is 133 Å². The predicted molar refractivity (Wildman–Crippen MR) is 95.7 cm³/mol. The Morgan fingerprint density at radius 2 is 1.84 bits per heavy atom. The SMILES string of the molecule is COC(=O)[C@@H](Cc1ccccc1)NC(=O)CSc1nc(N)cc(N)n1. The molecule has 0 aliphatic carbocycles. The van der Waals surface area contributed by atoms with Gasteiger partial charge in [-0.3, -0.25) is 4.79 Å². The second kappa shape index (κ2) is 8.88. The molecule has 0 saturated heterocycles. The largest absolute Gasteiger partial charge is 0.467 e. The number of esters is 1. The summed E-state index contributed by atoms with van der Waals surface area (Å²) >= 11 is 1.08. The quantitative estimate of drug-likeness (QED) is 0.371. The van der Waals surface area contributed by atoms with E-state index in [1.54, 1.807) is 0 Å². The van der Waals surface area contributed by atoms with Crippen LogP contribution >= 0.6 is 11.8 Å². The minimum atomic E-state index is -0.771. The van der Waals surface area contributed by atoms with Crippen molar-refractivity contribution < 1.29 is 14.3 Å². The number of thioether (sulfide) groups is 1. The van der Waals surface area contributed by atoms with Crippen LogP contribution in [0.1, 0.15) is 5.56 Å². The number of nitrogens with two attached hydrogens (primary N) is 2. The van der Waals surface area contributed by atoms with Gasteiger partial charge in [0.25, 0.3) is 0 Å². The van der Waals surface area contributed by atoms with Gasteiger partial charge >= 0.3 is 5.97 Å². The first-order chi connectivity index (χ1) is 12.0. The summed E-state index contributed by atoms with van der Waals surface area (Å²) in [4.78, 5) is 32.0. The predicted octanol–water partition coefficient (Wildman–Crippen LogP) is 0.634. The minimum Gasteiger partial charge on any atom is -0.467 e. The van der Waals surface area contributed by atoms with Crippen LogP contribution in [0.3, 0.4) is 0 Å². The summed E-state index contributed by atoms with van der Waals surface area (Å²) in [5.41, 5.74) is 12.1. The van der Waals surface area contributed by atoms with E-state index in [4.69, 9.17) is 16.2 Å². The maximum absolute atomic E-state index is 12.1. The fraction of sp³-hybridized carbons (Fsp3) is 0.250. The highest BCUT2D eigenvalue weighted by molar-refractivity contribution is 7.99. The van der Waals surface area contributed by atoms with Gasteiger partial charge in [0.15, 0.2) is 5.16 Å². The molecule has 0 unspecified atom stereocenters. The third-order valence-electron chi connectivity index (χ3n) is 3.18. The van der Waals surface area contributed by atoms with E-state index in [1.807, 2.05) is 30.3 Å². The molecule has 0 aliphatic heterocycles. The zero-order valence-electron chi connectivity index (χ0n) is 13.6. The average molecular weight is 361 g/mol. The molecule has 2 aromatic rings. The normalized spacial score (nSPS) is 11.6. The number of nitrogens with one attached hydrogen (secondary N) is 1. The Morgan fingerprint density at radius 3 is 2.44 bits per heavy atom. The van der Waals surface area contributed by atoms with Crippen molar-refractivity contribution in [3.63, 3.8) is 0 Å². The third-order valence-corrected chi connectivity index (χ3v) is 4.03. The Kier molecular flexibility index (Phi) is 6.58. The van der Waals surface area contributed by atoms with Crippen molar-refractivity contribution in [2.45, 2.75) is 17.6 Å². The number of amides is 1. The molecule has 8 nitrogen and oxygen atoms in total. The zero-order valence-corrected chi connectivity index (χ0v) is 14.5. The smallest absolute Gasteiger partial charge is 0.328 e. The minimum absolute atomic E-state index is 0.0190. The van der Waals surface area contributed by atoms with E-state index in [9.17, 15) is 9.59 Å². The molecular formula is C16H19N5O3S. The van der Waals surface area contributed by atoms with Crippen LogP contribution in [0.5, 0.6) is 0 Å². The van der Waals surface area contributed by atoms with E-state index in [1.165, 1.54) is 13.2 Å². The van der Waals surface area contributed by atoms with Gasteiger partial charge in [0.05, 0.1) is 12.9 Å². The highest BCUT2D eigenvalue weighted by Crippen LogP contribution is 2.16. The van der Waals surface area contributed by atoms with E-state index in [-0.39, 0.29) is 23.3 Å². The number of carbonyl (C=O) groups excluding carboxylic acids is 2. The van der Waals surface area contributed by atoms with Crippen molar-refractivity contribution in [2.75, 3.05) is 24.3 Å². The molecule has 1 aromatic carbocycles. The van der Waals surface area contributed by atoms with Crippen molar-refractivity contribution >= 4 is 35.3 Å². The van der Waals surface area contributed by atoms with E-state index in [0.717, 1.165) is 17.3 Å². The van der Waals surface area contributed by atoms with Crippen molar-refractivity contribution in [3.8, 4) is 0 Å². The van der Waals surface area contributed by atoms with E-state index < -0.39 is 12.0 Å². The number of rotatable bonds is 7. The highest BCUT2D eigenvalue weighted by Gasteiger charge is 2.22. The lowest BCUT2D eigenvalue weighted by atomic mass is 10.1. The number of carbonyl (C=O) groups is 2. The molecule has 2 rings (SSSR count). The molecule has 0 spiro atoms. The number of benzene rings is 1. The van der Waals surface area contributed by atoms with Crippen LogP contribution in [0.4, 0.5) is 11.6 Å². The lowest BCUT2D eigenvalue weighted by Gasteiger charge is -2.16. The van der Waals surface area contributed by atoms with Crippen LogP contribution in [0, 0.1) is 0 Å². The number of methoxy groups -OCH3 is 1. The lowest BCUT2D eigenvalue weighted by molar-refractivity contribution is -0.144. The molecule has 25 heavy (non-hydrogen) atoms. The molecule has 0 bridgehead atoms. The lowest BCUT2D eigenvalue weighted by Crippen LogP contribution is -2.43. The van der Waals surface area contributed by atoms with Crippen LogP contribution in [0.15, 0.2) is 41.6 Å². The molecule has 1 heterocycles. The third kappa shape index (κ3) is 5.96. The summed E-state index contributed by atoms with van der Waals surface area (Å²) in [5.74, 6) is -0.378. The van der Waals surface area contributed by atoms with Crippen LogP contribution in [-0.4, -0.2) is 40.7 Å². The highest BCUT2D eigenvalue weighted by atomic mass is 32.2. The molecule has 9 heteroatoms. The molecule has 0 aliphatic rings. The first-order valence-electron chi connectivity index (χ1n) is 7.42. The molecule has 132 valence electrons. The summed E-state index contributed by atoms with van der Waals surface area (Å²) < 4.78 is 4.76. The monoisotopic (exact) mass is 361 g/mol. The molecule has 5 N–H and O–H groups in total. The fourth-order valence-electron chi connectivity index (χ4n) is 2.08. The van der Waals surface area contributed by atoms with Gasteiger partial charge in [0, 0.05) is 12.5 Å². The van der Waals surface area contributed by atoms with Gasteiger partial charge in [0.1, 0.15) is 17.7 Å². The number of aromatic nitrogens is 2. The molecule has 1 aromatic heterocycles. The van der Waals surface area contributed by atoms with Gasteiger partial charge in [-0.2, -0.15) is 0 Å². The molecule has 1 atom stereocenters. The van der Waals surface area contributed by atoms with Gasteiger partial charge in [-0.1, -0.05) is 42.1 Å². The van der Waals surface area contributed by atoms with Gasteiger partial charge in [-0.05, 0) is 5.56 Å². The van der Waals surface area contributed by atoms with Gasteiger partial charge in [-0.25, -0.2) is 14.8 Å². The number of anilines is 2. The molecule has 0 radical (unpaired) electrons. The first-order valence-corrected chi connectivity index (χ1v) is 8.40. The second-order valence-electron chi connectivity index (χ2n) is 5.12. The molecule has 0 saturated carbocycles.